The van der Waals surface area contributed by atoms with Crippen molar-refractivity contribution >= 4 is 11.6 Å². The Morgan fingerprint density at radius 1 is 1.46 bits per heavy atom. The summed E-state index contributed by atoms with van der Waals surface area (Å²) in [6.45, 7) is 2.00. The van der Waals surface area contributed by atoms with Crippen LogP contribution in [0, 0.1) is 13.1 Å². The second-order valence-electron chi connectivity index (χ2n) is 2.86. The summed E-state index contributed by atoms with van der Waals surface area (Å²) in [5, 5.41) is 0.711. The number of nitrogens with zero attached hydrogens (tertiary/aromatic N) is 1. The average molecular weight is 192 g/mol. The lowest BCUT2D eigenvalue weighted by molar-refractivity contribution is 1.30. The van der Waals surface area contributed by atoms with E-state index in [4.69, 9.17) is 11.6 Å². The minimum atomic E-state index is 0.711. The third-order valence-corrected chi connectivity index (χ3v) is 2.14. The first-order chi connectivity index (χ1) is 6.27. The molecule has 2 aromatic rings. The molecule has 0 amide bonds. The molecule has 0 aliphatic rings. The fourth-order valence-electron chi connectivity index (χ4n) is 1.18. The quantitative estimate of drug-likeness (QED) is 0.738. The number of halogens is 1. The van der Waals surface area contributed by atoms with Gasteiger partial charge in [-0.1, -0.05) is 17.7 Å². The first-order valence-electron chi connectivity index (χ1n) is 3.95. The van der Waals surface area contributed by atoms with Crippen molar-refractivity contribution in [3.05, 3.63) is 41.2 Å². The van der Waals surface area contributed by atoms with Crippen molar-refractivity contribution in [2.45, 2.75) is 6.92 Å². The van der Waals surface area contributed by atoms with Gasteiger partial charge in [-0.25, -0.2) is 4.98 Å². The van der Waals surface area contributed by atoms with Crippen LogP contribution in [0.1, 0.15) is 5.56 Å². The molecule has 1 N–H and O–H groups in total. The molecule has 0 spiro atoms. The summed E-state index contributed by atoms with van der Waals surface area (Å²) in [4.78, 5) is 6.97. The number of aryl methyl sites for hydroxylation is 1. The van der Waals surface area contributed by atoms with E-state index in [-0.39, 0.29) is 0 Å². The SMILES string of the molecule is Cc1ccc(-c2n[c]c[nH]2)c(Cl)c1. The monoisotopic (exact) mass is 191 g/mol. The Morgan fingerprint density at radius 2 is 2.31 bits per heavy atom. The maximum atomic E-state index is 6.05. The third-order valence-electron chi connectivity index (χ3n) is 1.83. The maximum absolute atomic E-state index is 6.05. The highest BCUT2D eigenvalue weighted by Crippen LogP contribution is 2.25. The maximum Gasteiger partial charge on any atom is 0.139 e. The van der Waals surface area contributed by atoms with E-state index in [0.717, 1.165) is 17.0 Å². The second-order valence-corrected chi connectivity index (χ2v) is 3.27. The zero-order valence-corrected chi connectivity index (χ0v) is 7.89. The molecule has 3 heteroatoms. The van der Waals surface area contributed by atoms with Gasteiger partial charge >= 0.3 is 0 Å². The fourth-order valence-corrected chi connectivity index (χ4v) is 1.50. The molecular weight excluding hydrogens is 184 g/mol. The van der Waals surface area contributed by atoms with Crippen LogP contribution in [0.3, 0.4) is 0 Å². The predicted octanol–water partition coefficient (Wildman–Crippen LogP) is 2.84. The van der Waals surface area contributed by atoms with Crippen molar-refractivity contribution in [3.63, 3.8) is 0 Å². The molecule has 65 valence electrons. The minimum absolute atomic E-state index is 0.711. The number of H-pyrrole nitrogens is 1. The van der Waals surface area contributed by atoms with Crippen LogP contribution in [-0.4, -0.2) is 9.97 Å². The predicted molar refractivity (Wildman–Crippen MR) is 52.6 cm³/mol. The van der Waals surface area contributed by atoms with Crippen LogP contribution >= 0.6 is 11.6 Å². The molecule has 0 bridgehead atoms. The van der Waals surface area contributed by atoms with Crippen molar-refractivity contribution in [2.75, 3.05) is 0 Å². The molecule has 1 aromatic carbocycles. The first-order valence-corrected chi connectivity index (χ1v) is 4.33. The summed E-state index contributed by atoms with van der Waals surface area (Å²) in [5.74, 6) is 0.755. The van der Waals surface area contributed by atoms with E-state index in [1.54, 1.807) is 6.20 Å². The lowest BCUT2D eigenvalue weighted by Crippen LogP contribution is -1.82. The van der Waals surface area contributed by atoms with Crippen molar-refractivity contribution in [2.24, 2.45) is 0 Å². The van der Waals surface area contributed by atoms with Gasteiger partial charge in [0.15, 0.2) is 0 Å². The molecule has 2 nitrogen and oxygen atoms in total. The topological polar surface area (TPSA) is 28.7 Å². The van der Waals surface area contributed by atoms with Crippen molar-refractivity contribution < 1.29 is 0 Å². The smallest absolute Gasteiger partial charge is 0.139 e. The van der Waals surface area contributed by atoms with E-state index < -0.39 is 0 Å². The molecule has 13 heavy (non-hydrogen) atoms. The minimum Gasteiger partial charge on any atom is -0.344 e. The molecule has 0 aliphatic heterocycles. The van der Waals surface area contributed by atoms with Gasteiger partial charge in [-0.2, -0.15) is 0 Å². The largest absolute Gasteiger partial charge is 0.344 e. The van der Waals surface area contributed by atoms with Crippen molar-refractivity contribution in [1.29, 1.82) is 0 Å². The molecule has 1 radical (unpaired) electrons. The number of hydrogen-bond acceptors (Lipinski definition) is 1. The van der Waals surface area contributed by atoms with Crippen LogP contribution in [-0.2, 0) is 0 Å². The van der Waals surface area contributed by atoms with Crippen LogP contribution in [0.15, 0.2) is 24.4 Å². The van der Waals surface area contributed by atoms with Gasteiger partial charge in [-0.15, -0.1) is 0 Å². The number of rotatable bonds is 1. The number of nitrogens with one attached hydrogen (secondary N) is 1. The highest BCUT2D eigenvalue weighted by atomic mass is 35.5. The molecule has 2 rings (SSSR count). The summed E-state index contributed by atoms with van der Waals surface area (Å²) in [5.41, 5.74) is 2.05. The number of benzene rings is 1. The van der Waals surface area contributed by atoms with Gasteiger partial charge in [0.1, 0.15) is 12.0 Å². The summed E-state index contributed by atoms with van der Waals surface area (Å²) in [7, 11) is 0. The molecule has 1 heterocycles. The Kier molecular flexibility index (Phi) is 2.07. The van der Waals surface area contributed by atoms with Crippen LogP contribution in [0.4, 0.5) is 0 Å². The molecule has 0 unspecified atom stereocenters. The lowest BCUT2D eigenvalue weighted by Gasteiger charge is -2.00. The highest BCUT2D eigenvalue weighted by Gasteiger charge is 2.04. The van der Waals surface area contributed by atoms with E-state index in [9.17, 15) is 0 Å². The standard InChI is InChI=1S/C10H8ClN2/c1-7-2-3-8(9(11)6-7)10-12-4-5-13-10/h2-4,6H,1H3,(H,12,13). The van der Waals surface area contributed by atoms with E-state index >= 15 is 0 Å². The van der Waals surface area contributed by atoms with E-state index in [0.29, 0.717) is 5.02 Å². The van der Waals surface area contributed by atoms with E-state index in [2.05, 4.69) is 16.2 Å². The van der Waals surface area contributed by atoms with Crippen LogP contribution in [0.2, 0.25) is 5.02 Å². The zero-order chi connectivity index (χ0) is 9.26. The van der Waals surface area contributed by atoms with Crippen molar-refractivity contribution in [1.82, 2.24) is 9.97 Å². The van der Waals surface area contributed by atoms with Crippen molar-refractivity contribution in [3.8, 4) is 11.4 Å². The Labute approximate surface area is 81.6 Å². The molecular formula is C10H8ClN2. The number of hydrogen-bond donors (Lipinski definition) is 1. The third kappa shape index (κ3) is 1.58. The summed E-state index contributed by atoms with van der Waals surface area (Å²) >= 11 is 6.05. The normalized spacial score (nSPS) is 10.3. The van der Waals surface area contributed by atoms with Crippen LogP contribution < -0.4 is 0 Å². The Balaban J connectivity index is 2.53. The van der Waals surface area contributed by atoms with E-state index in [1.165, 1.54) is 0 Å². The molecule has 0 saturated heterocycles. The van der Waals surface area contributed by atoms with Crippen LogP contribution in [0.5, 0.6) is 0 Å². The highest BCUT2D eigenvalue weighted by molar-refractivity contribution is 6.33. The number of aromatic amines is 1. The number of aromatic nitrogens is 2. The van der Waals surface area contributed by atoms with Gasteiger partial charge in [0.25, 0.3) is 0 Å². The molecule has 0 atom stereocenters. The molecule has 0 fully saturated rings. The second kappa shape index (κ2) is 3.23. The van der Waals surface area contributed by atoms with Gasteiger partial charge in [-0.05, 0) is 24.6 Å². The Bertz CT molecular complexity index is 407. The van der Waals surface area contributed by atoms with E-state index in [1.807, 2.05) is 25.1 Å². The van der Waals surface area contributed by atoms with Gasteiger partial charge in [0.2, 0.25) is 0 Å². The fraction of sp³-hybridized carbons (Fsp3) is 0.100. The first kappa shape index (κ1) is 8.32. The summed E-state index contributed by atoms with van der Waals surface area (Å²) in [6.07, 6.45) is 4.36. The average Bonchev–Trinajstić information content (AvgIpc) is 2.56. The summed E-state index contributed by atoms with van der Waals surface area (Å²) in [6, 6.07) is 5.87. The van der Waals surface area contributed by atoms with Gasteiger partial charge in [-0.3, -0.25) is 0 Å². The molecule has 0 saturated carbocycles. The van der Waals surface area contributed by atoms with Gasteiger partial charge < -0.3 is 4.98 Å². The van der Waals surface area contributed by atoms with Gasteiger partial charge in [0.05, 0.1) is 5.02 Å². The zero-order valence-electron chi connectivity index (χ0n) is 7.13. The molecule has 0 aliphatic carbocycles. The Morgan fingerprint density at radius 3 is 2.92 bits per heavy atom. The number of imidazole rings is 1. The Hall–Kier alpha value is -1.28. The summed E-state index contributed by atoms with van der Waals surface area (Å²) < 4.78 is 0. The lowest BCUT2D eigenvalue weighted by atomic mass is 10.1. The van der Waals surface area contributed by atoms with Crippen LogP contribution in [0.25, 0.3) is 11.4 Å². The molecule has 1 aromatic heterocycles. The van der Waals surface area contributed by atoms with Gasteiger partial charge in [0, 0.05) is 11.8 Å².